The molecule has 6 aromatic heterocycles. The number of aromatic nitrogens is 10. The summed E-state index contributed by atoms with van der Waals surface area (Å²) in [5.41, 5.74) is 4.01. The van der Waals surface area contributed by atoms with Crippen LogP contribution in [0.25, 0.3) is 0 Å². The summed E-state index contributed by atoms with van der Waals surface area (Å²) < 4.78 is 11.5. The highest BCUT2D eigenvalue weighted by Gasteiger charge is 2.30. The summed E-state index contributed by atoms with van der Waals surface area (Å²) in [6.07, 6.45) is 22.2. The fourth-order valence-electron chi connectivity index (χ4n) is 4.84. The summed E-state index contributed by atoms with van der Waals surface area (Å²) in [5, 5.41) is 27.9. The number of carbonyl (C=O) groups is 1. The number of rotatable bonds is 6. The molecule has 2 N–H and O–H groups in total. The fourth-order valence-corrected chi connectivity index (χ4v) is 5.13. The molecule has 6 aromatic rings. The number of Topliss-reactive ketones (excluding diaryl/α,β-unsaturated/α-hetero) is 1. The molecule has 7 heterocycles. The first-order valence-corrected chi connectivity index (χ1v) is 16.6. The molecule has 0 atom stereocenters. The standard InChI is InChI=1S/C16H19N5O2.C13H13N5.C3H4Cl2O.C2H3N.2ClH/c22-16(23)10-20-6-4-18(12-20)8-14-2-1-3-15(17-14)9-19-5-7-21(11-16)13-19;1-2-12(8-17-6-4-14-10-17)16-13(3-1)9-18-7-5-15-11-18;4-1-3(6)2-5;1-2-3;;/h1-7,12-13,22-23H,8-11H2;1-7,10-11H,8-9H2;1-2H2;1H3;2*1H/q+2;;;;;/p-2. The monoisotopic (exact) mass is 789 g/mol. The number of carbonyl (C=O) groups excluding carboxylic acids is 1. The summed E-state index contributed by atoms with van der Waals surface area (Å²) in [4.78, 5) is 27.3. The van der Waals surface area contributed by atoms with Crippen LogP contribution < -0.4 is 33.9 Å². The van der Waals surface area contributed by atoms with E-state index in [-0.39, 0.29) is 55.4 Å². The number of hydrogen-bond acceptors (Lipinski definition) is 8. The van der Waals surface area contributed by atoms with Crippen LogP contribution in [-0.4, -0.2) is 71.7 Å². The van der Waals surface area contributed by atoms with Crippen LogP contribution in [0.2, 0.25) is 0 Å². The first-order valence-electron chi connectivity index (χ1n) is 15.5. The van der Waals surface area contributed by atoms with Crippen molar-refractivity contribution in [3.8, 4) is 6.07 Å². The number of imidazole rings is 4. The molecule has 7 rings (SSSR count). The van der Waals surface area contributed by atoms with Crippen LogP contribution in [0.5, 0.6) is 0 Å². The predicted molar refractivity (Wildman–Crippen MR) is 183 cm³/mol. The molecule has 0 spiro atoms. The lowest BCUT2D eigenvalue weighted by molar-refractivity contribution is -0.690. The lowest BCUT2D eigenvalue weighted by Crippen LogP contribution is -3.00. The van der Waals surface area contributed by atoms with Gasteiger partial charge in [0.25, 0.3) is 0 Å². The van der Waals surface area contributed by atoms with E-state index in [4.69, 9.17) is 33.4 Å². The van der Waals surface area contributed by atoms with E-state index in [1.807, 2.05) is 105 Å². The molecule has 0 saturated carbocycles. The minimum Gasteiger partial charge on any atom is -1.00 e. The maximum atomic E-state index is 10.3. The molecule has 0 radical (unpaired) electrons. The molecule has 14 nitrogen and oxygen atoms in total. The third-order valence-electron chi connectivity index (χ3n) is 6.89. The SMILES string of the molecule is CC#N.O=C(CCl)CCl.OC1(O)Cn2cc[n+](c2)Cc2cccc(n2)C[n+]2ccn(c2)C1.[Cl-].[Cl-].c1cc(Cn2ccnc2)nc(Cn2ccnc2)c1. The van der Waals surface area contributed by atoms with Gasteiger partial charge in [-0.1, -0.05) is 12.1 Å². The summed E-state index contributed by atoms with van der Waals surface area (Å²) in [6.45, 7) is 4.43. The van der Waals surface area contributed by atoms with E-state index in [0.29, 0.717) is 13.1 Å². The molecule has 52 heavy (non-hydrogen) atoms. The van der Waals surface area contributed by atoms with Gasteiger partial charge in [-0.3, -0.25) is 9.78 Å². The number of fused-ring (bicyclic) bond motifs is 6. The number of nitrogens with zero attached hydrogens (tertiary/aromatic N) is 11. The molecule has 276 valence electrons. The van der Waals surface area contributed by atoms with Crippen molar-refractivity contribution in [3.05, 3.63) is 134 Å². The number of hydrogen-bond donors (Lipinski definition) is 2. The second-order valence-electron chi connectivity index (χ2n) is 11.2. The number of alkyl halides is 2. The van der Waals surface area contributed by atoms with Crippen molar-refractivity contribution < 1.29 is 49.0 Å². The topological polar surface area (TPSA) is 160 Å². The lowest BCUT2D eigenvalue weighted by Gasteiger charge is -2.17. The first-order chi connectivity index (χ1) is 24.2. The van der Waals surface area contributed by atoms with Crippen molar-refractivity contribution >= 4 is 29.0 Å². The lowest BCUT2D eigenvalue weighted by atomic mass is 10.2. The van der Waals surface area contributed by atoms with Gasteiger partial charge in [0.05, 0.1) is 66.3 Å². The van der Waals surface area contributed by atoms with Crippen molar-refractivity contribution in [1.82, 2.24) is 38.2 Å². The van der Waals surface area contributed by atoms with Gasteiger partial charge in [-0.2, -0.15) is 5.26 Å². The fraction of sp³-hybridized carbons (Fsp3) is 0.294. The Balaban J connectivity index is 0.000000289. The molecule has 0 unspecified atom stereocenters. The predicted octanol–water partition coefficient (Wildman–Crippen LogP) is -3.81. The summed E-state index contributed by atoms with van der Waals surface area (Å²) in [5.74, 6) is -1.88. The Labute approximate surface area is 324 Å². The van der Waals surface area contributed by atoms with Crippen molar-refractivity contribution in [1.29, 1.82) is 5.26 Å². The second kappa shape index (κ2) is 22.3. The Kier molecular flexibility index (Phi) is 18.7. The average molecular weight is 792 g/mol. The Morgan fingerprint density at radius 2 is 1.25 bits per heavy atom. The zero-order valence-electron chi connectivity index (χ0n) is 28.3. The number of nitriles is 1. The highest BCUT2D eigenvalue weighted by Crippen LogP contribution is 2.09. The normalized spacial score (nSPS) is 12.2. The summed E-state index contributed by atoms with van der Waals surface area (Å²) in [7, 11) is 0. The van der Waals surface area contributed by atoms with Gasteiger partial charge in [0.2, 0.25) is 18.4 Å². The smallest absolute Gasteiger partial charge is 0.244 e. The van der Waals surface area contributed by atoms with E-state index >= 15 is 0 Å². The van der Waals surface area contributed by atoms with Gasteiger partial charge < -0.3 is 44.2 Å². The highest BCUT2D eigenvalue weighted by molar-refractivity contribution is 6.35. The molecule has 0 aliphatic carbocycles. The molecule has 0 saturated heterocycles. The van der Waals surface area contributed by atoms with E-state index in [1.165, 1.54) is 6.92 Å². The van der Waals surface area contributed by atoms with Gasteiger partial charge in [0.1, 0.15) is 51.0 Å². The third-order valence-corrected chi connectivity index (χ3v) is 7.48. The minimum atomic E-state index is -1.82. The Morgan fingerprint density at radius 1 is 0.808 bits per heavy atom. The minimum absolute atomic E-state index is 0. The molecule has 0 amide bonds. The molecule has 18 heteroatoms. The van der Waals surface area contributed by atoms with Crippen LogP contribution in [0.4, 0.5) is 0 Å². The average Bonchev–Trinajstić information content (AvgIpc) is 3.93. The quantitative estimate of drug-likeness (QED) is 0.0988. The molecular formula is C34H39Cl4N11O3. The Hall–Kier alpha value is -4.62. The van der Waals surface area contributed by atoms with E-state index in [1.54, 1.807) is 40.3 Å². The third kappa shape index (κ3) is 14.9. The van der Waals surface area contributed by atoms with E-state index in [9.17, 15) is 15.0 Å². The summed E-state index contributed by atoms with van der Waals surface area (Å²) in [6, 6.07) is 13.8. The number of aliphatic hydroxyl groups is 2. The van der Waals surface area contributed by atoms with Gasteiger partial charge >= 0.3 is 0 Å². The highest BCUT2D eigenvalue weighted by atomic mass is 35.5. The molecule has 0 aromatic carbocycles. The Morgan fingerprint density at radius 3 is 1.63 bits per heavy atom. The van der Waals surface area contributed by atoms with Crippen molar-refractivity contribution in [2.45, 2.75) is 52.0 Å². The van der Waals surface area contributed by atoms with E-state index in [2.05, 4.69) is 15.0 Å². The van der Waals surface area contributed by atoms with Crippen LogP contribution in [0.3, 0.4) is 0 Å². The zero-order valence-corrected chi connectivity index (χ0v) is 31.3. The molecule has 6 bridgehead atoms. The number of halogens is 4. The molecule has 1 aliphatic heterocycles. The van der Waals surface area contributed by atoms with Gasteiger partial charge in [-0.15, -0.1) is 23.2 Å². The zero-order chi connectivity index (χ0) is 35.8. The summed E-state index contributed by atoms with van der Waals surface area (Å²) >= 11 is 10.0. The number of ketones is 1. The van der Waals surface area contributed by atoms with Crippen LogP contribution in [0, 0.1) is 11.3 Å². The van der Waals surface area contributed by atoms with Crippen LogP contribution in [0.1, 0.15) is 29.7 Å². The van der Waals surface area contributed by atoms with Gasteiger partial charge in [0.15, 0.2) is 5.78 Å². The van der Waals surface area contributed by atoms with Crippen LogP contribution in [0.15, 0.2) is 111 Å². The Bertz CT molecular complexity index is 1820. The maximum Gasteiger partial charge on any atom is 0.244 e. The van der Waals surface area contributed by atoms with Crippen molar-refractivity contribution in [3.63, 3.8) is 0 Å². The van der Waals surface area contributed by atoms with Gasteiger partial charge in [-0.25, -0.2) is 33.2 Å². The number of pyridine rings is 2. The van der Waals surface area contributed by atoms with Gasteiger partial charge in [-0.05, 0) is 24.3 Å². The molecule has 0 fully saturated rings. The first kappa shape index (κ1) is 43.5. The van der Waals surface area contributed by atoms with E-state index in [0.717, 1.165) is 35.9 Å². The maximum absolute atomic E-state index is 10.3. The van der Waals surface area contributed by atoms with Crippen molar-refractivity contribution in [2.24, 2.45) is 0 Å². The van der Waals surface area contributed by atoms with Crippen LogP contribution >= 0.6 is 23.2 Å². The van der Waals surface area contributed by atoms with E-state index < -0.39 is 5.79 Å². The second-order valence-corrected chi connectivity index (χ2v) is 11.8. The molecule has 1 aliphatic rings. The van der Waals surface area contributed by atoms with Crippen molar-refractivity contribution in [2.75, 3.05) is 11.8 Å². The van der Waals surface area contributed by atoms with Crippen LogP contribution in [-0.2, 0) is 44.1 Å². The largest absolute Gasteiger partial charge is 1.00 e. The molecular weight excluding hydrogens is 752 g/mol. The van der Waals surface area contributed by atoms with Gasteiger partial charge in [0, 0.05) is 31.7 Å².